The lowest BCUT2D eigenvalue weighted by Gasteiger charge is -2.19. The molecule has 90 valence electrons. The number of benzene rings is 1. The van der Waals surface area contributed by atoms with E-state index in [1.54, 1.807) is 0 Å². The molecular weight excluding hydrogens is 208 g/mol. The Morgan fingerprint density at radius 1 is 1.00 bits per heavy atom. The van der Waals surface area contributed by atoms with Gasteiger partial charge in [0.05, 0.1) is 11.2 Å². The van der Waals surface area contributed by atoms with Crippen LogP contribution in [-0.2, 0) is 5.41 Å². The van der Waals surface area contributed by atoms with Crippen LogP contribution in [0.4, 0.5) is 0 Å². The minimum absolute atomic E-state index is 0.00628. The Labute approximate surface area is 103 Å². The standard InChI is InChI=1S/C15H20N2/c1-10(2)13-11-8-6-7-9-12(11)16-14(17-13)15(3,4)5/h6-10H,1-5H3. The average Bonchev–Trinajstić information content (AvgIpc) is 2.26. The van der Waals surface area contributed by atoms with Crippen molar-refractivity contribution in [3.8, 4) is 0 Å². The van der Waals surface area contributed by atoms with Crippen molar-refractivity contribution < 1.29 is 0 Å². The van der Waals surface area contributed by atoms with Crippen molar-refractivity contribution in [3.05, 3.63) is 35.8 Å². The van der Waals surface area contributed by atoms with Crippen LogP contribution in [0.15, 0.2) is 24.3 Å². The van der Waals surface area contributed by atoms with E-state index in [0.29, 0.717) is 5.92 Å². The van der Waals surface area contributed by atoms with Crippen LogP contribution in [0, 0.1) is 0 Å². The Balaban J connectivity index is 2.76. The minimum Gasteiger partial charge on any atom is -0.236 e. The highest BCUT2D eigenvalue weighted by molar-refractivity contribution is 5.81. The van der Waals surface area contributed by atoms with E-state index in [2.05, 4.69) is 51.7 Å². The molecule has 2 nitrogen and oxygen atoms in total. The van der Waals surface area contributed by atoms with Crippen molar-refractivity contribution in [3.63, 3.8) is 0 Å². The molecule has 1 aromatic heterocycles. The molecule has 17 heavy (non-hydrogen) atoms. The molecule has 0 radical (unpaired) electrons. The molecule has 0 amide bonds. The summed E-state index contributed by atoms with van der Waals surface area (Å²) in [6, 6.07) is 8.26. The van der Waals surface area contributed by atoms with Gasteiger partial charge in [-0.25, -0.2) is 9.97 Å². The van der Waals surface area contributed by atoms with E-state index in [9.17, 15) is 0 Å². The molecule has 0 saturated carbocycles. The molecule has 2 rings (SSSR count). The number of para-hydroxylation sites is 1. The van der Waals surface area contributed by atoms with Crippen molar-refractivity contribution in [1.82, 2.24) is 9.97 Å². The second-order valence-corrected chi connectivity index (χ2v) is 5.85. The molecule has 0 aliphatic heterocycles. The van der Waals surface area contributed by atoms with Gasteiger partial charge in [-0.3, -0.25) is 0 Å². The number of aromatic nitrogens is 2. The van der Waals surface area contributed by atoms with Crippen molar-refractivity contribution >= 4 is 10.9 Å². The third-order valence-electron chi connectivity index (χ3n) is 2.85. The lowest BCUT2D eigenvalue weighted by Crippen LogP contribution is -2.17. The van der Waals surface area contributed by atoms with Gasteiger partial charge in [0.25, 0.3) is 0 Å². The molecule has 1 heterocycles. The molecule has 0 saturated heterocycles. The van der Waals surface area contributed by atoms with Crippen LogP contribution in [0.25, 0.3) is 10.9 Å². The monoisotopic (exact) mass is 228 g/mol. The Bertz CT molecular complexity index is 536. The highest BCUT2D eigenvalue weighted by atomic mass is 14.9. The Hall–Kier alpha value is -1.44. The highest BCUT2D eigenvalue weighted by Crippen LogP contribution is 2.26. The molecule has 0 aliphatic carbocycles. The van der Waals surface area contributed by atoms with Crippen molar-refractivity contribution in [1.29, 1.82) is 0 Å². The van der Waals surface area contributed by atoms with Gasteiger partial charge in [0.1, 0.15) is 5.82 Å². The number of nitrogens with zero attached hydrogens (tertiary/aromatic N) is 2. The van der Waals surface area contributed by atoms with Gasteiger partial charge < -0.3 is 0 Å². The molecule has 0 fully saturated rings. The van der Waals surface area contributed by atoms with Crippen LogP contribution in [0.1, 0.15) is 52.1 Å². The molecule has 2 aromatic rings. The SMILES string of the molecule is CC(C)c1nc(C(C)(C)C)nc2ccccc12. The van der Waals surface area contributed by atoms with E-state index in [-0.39, 0.29) is 5.41 Å². The molecule has 2 heteroatoms. The van der Waals surface area contributed by atoms with E-state index in [0.717, 1.165) is 17.0 Å². The summed E-state index contributed by atoms with van der Waals surface area (Å²) in [5.41, 5.74) is 2.20. The summed E-state index contributed by atoms with van der Waals surface area (Å²) in [7, 11) is 0. The zero-order chi connectivity index (χ0) is 12.6. The van der Waals surface area contributed by atoms with Gasteiger partial charge in [0.2, 0.25) is 0 Å². The fraction of sp³-hybridized carbons (Fsp3) is 0.467. The summed E-state index contributed by atoms with van der Waals surface area (Å²) in [6.07, 6.45) is 0. The van der Waals surface area contributed by atoms with Gasteiger partial charge in [-0.05, 0) is 12.0 Å². The quantitative estimate of drug-likeness (QED) is 0.736. The largest absolute Gasteiger partial charge is 0.236 e. The van der Waals surface area contributed by atoms with E-state index < -0.39 is 0 Å². The number of rotatable bonds is 1. The first-order chi connectivity index (χ1) is 7.89. The second-order valence-electron chi connectivity index (χ2n) is 5.85. The topological polar surface area (TPSA) is 25.8 Å². The zero-order valence-electron chi connectivity index (χ0n) is 11.3. The third kappa shape index (κ3) is 2.31. The van der Waals surface area contributed by atoms with E-state index in [1.165, 1.54) is 5.39 Å². The first-order valence-corrected chi connectivity index (χ1v) is 6.17. The minimum atomic E-state index is -0.00628. The Morgan fingerprint density at radius 2 is 1.65 bits per heavy atom. The van der Waals surface area contributed by atoms with Crippen LogP contribution in [0.5, 0.6) is 0 Å². The lowest BCUT2D eigenvalue weighted by atomic mass is 9.94. The van der Waals surface area contributed by atoms with E-state index in [1.807, 2.05) is 12.1 Å². The van der Waals surface area contributed by atoms with Crippen molar-refractivity contribution in [2.45, 2.75) is 46.0 Å². The summed E-state index contributed by atoms with van der Waals surface area (Å²) >= 11 is 0. The maximum absolute atomic E-state index is 4.76. The molecule has 0 bridgehead atoms. The van der Waals surface area contributed by atoms with Gasteiger partial charge in [-0.2, -0.15) is 0 Å². The van der Waals surface area contributed by atoms with Gasteiger partial charge in [0, 0.05) is 10.8 Å². The highest BCUT2D eigenvalue weighted by Gasteiger charge is 2.20. The van der Waals surface area contributed by atoms with Crippen LogP contribution >= 0.6 is 0 Å². The van der Waals surface area contributed by atoms with Crippen molar-refractivity contribution in [2.24, 2.45) is 0 Å². The van der Waals surface area contributed by atoms with Crippen LogP contribution in [0.2, 0.25) is 0 Å². The van der Waals surface area contributed by atoms with Crippen LogP contribution in [0.3, 0.4) is 0 Å². The molecule has 0 atom stereocenters. The van der Waals surface area contributed by atoms with Gasteiger partial charge >= 0.3 is 0 Å². The molecule has 0 aliphatic rings. The summed E-state index contributed by atoms with van der Waals surface area (Å²) in [4.78, 5) is 9.44. The summed E-state index contributed by atoms with van der Waals surface area (Å²) in [5.74, 6) is 1.35. The van der Waals surface area contributed by atoms with E-state index >= 15 is 0 Å². The fourth-order valence-electron chi connectivity index (χ4n) is 1.88. The molecular formula is C15H20N2. The van der Waals surface area contributed by atoms with Gasteiger partial charge in [-0.1, -0.05) is 52.8 Å². The zero-order valence-corrected chi connectivity index (χ0v) is 11.3. The molecule has 0 unspecified atom stereocenters. The smallest absolute Gasteiger partial charge is 0.134 e. The third-order valence-corrected chi connectivity index (χ3v) is 2.85. The predicted molar refractivity (Wildman–Crippen MR) is 72.3 cm³/mol. The van der Waals surface area contributed by atoms with Gasteiger partial charge in [0.15, 0.2) is 0 Å². The lowest BCUT2D eigenvalue weighted by molar-refractivity contribution is 0.543. The summed E-state index contributed by atoms with van der Waals surface area (Å²) < 4.78 is 0. The van der Waals surface area contributed by atoms with Gasteiger partial charge in [-0.15, -0.1) is 0 Å². The molecule has 1 aromatic carbocycles. The van der Waals surface area contributed by atoms with E-state index in [4.69, 9.17) is 4.98 Å². The van der Waals surface area contributed by atoms with Crippen LogP contribution in [-0.4, -0.2) is 9.97 Å². The first-order valence-electron chi connectivity index (χ1n) is 6.17. The summed E-state index contributed by atoms with van der Waals surface area (Å²) in [6.45, 7) is 10.8. The number of hydrogen-bond donors (Lipinski definition) is 0. The number of hydrogen-bond acceptors (Lipinski definition) is 2. The molecule has 0 N–H and O–H groups in total. The number of fused-ring (bicyclic) bond motifs is 1. The first kappa shape index (κ1) is 12.0. The normalized spacial score (nSPS) is 12.4. The Morgan fingerprint density at radius 3 is 2.24 bits per heavy atom. The predicted octanol–water partition coefficient (Wildman–Crippen LogP) is 4.05. The van der Waals surface area contributed by atoms with Crippen molar-refractivity contribution in [2.75, 3.05) is 0 Å². The fourth-order valence-corrected chi connectivity index (χ4v) is 1.88. The second kappa shape index (κ2) is 4.10. The maximum Gasteiger partial charge on any atom is 0.134 e. The maximum atomic E-state index is 4.76. The average molecular weight is 228 g/mol. The van der Waals surface area contributed by atoms with Crippen LogP contribution < -0.4 is 0 Å². The molecule has 0 spiro atoms. The Kier molecular flexibility index (Phi) is 2.90. The summed E-state index contributed by atoms with van der Waals surface area (Å²) in [5, 5.41) is 1.18.